The van der Waals surface area contributed by atoms with Gasteiger partial charge in [0.1, 0.15) is 0 Å². The molecule has 0 amide bonds. The van der Waals surface area contributed by atoms with Gasteiger partial charge >= 0.3 is 0 Å². The summed E-state index contributed by atoms with van der Waals surface area (Å²) in [7, 11) is 1.98. The lowest BCUT2D eigenvalue weighted by Crippen LogP contribution is -2.22. The number of halogens is 2. The van der Waals surface area contributed by atoms with E-state index >= 15 is 0 Å². The Bertz CT molecular complexity index is 642. The molecular formula is C13H13Br2N3OS. The number of anilines is 1. The molecule has 0 bridgehead atoms. The topological polar surface area (TPSA) is 61.8 Å². The summed E-state index contributed by atoms with van der Waals surface area (Å²) in [5, 5.41) is 14.1. The maximum absolute atomic E-state index is 8.90. The summed E-state index contributed by atoms with van der Waals surface area (Å²) < 4.78 is 1.97. The molecule has 7 heteroatoms. The lowest BCUT2D eigenvalue weighted by molar-refractivity contribution is 0.318. The van der Waals surface area contributed by atoms with Crippen LogP contribution in [0, 0.1) is 0 Å². The minimum absolute atomic E-state index is 0.0977. The molecule has 106 valence electrons. The number of hydrogen-bond acceptors (Lipinski definition) is 4. The number of rotatable bonds is 4. The fourth-order valence-corrected chi connectivity index (χ4v) is 3.72. The van der Waals surface area contributed by atoms with Crippen LogP contribution in [0.4, 0.5) is 5.69 Å². The van der Waals surface area contributed by atoms with E-state index in [4.69, 9.17) is 10.9 Å². The molecule has 0 unspecified atom stereocenters. The third kappa shape index (κ3) is 3.53. The highest BCUT2D eigenvalue weighted by atomic mass is 79.9. The number of benzene rings is 1. The van der Waals surface area contributed by atoms with Crippen LogP contribution in [0.1, 0.15) is 10.4 Å². The predicted molar refractivity (Wildman–Crippen MR) is 90.8 cm³/mol. The smallest absolute Gasteiger partial charge is 0.172 e. The van der Waals surface area contributed by atoms with Gasteiger partial charge < -0.3 is 15.8 Å². The number of nitrogens with two attached hydrogens (primary N) is 1. The van der Waals surface area contributed by atoms with Gasteiger partial charge in [0.15, 0.2) is 5.84 Å². The first-order valence-electron chi connectivity index (χ1n) is 5.72. The summed E-state index contributed by atoms with van der Waals surface area (Å²) in [4.78, 5) is 3.30. The second-order valence-electron chi connectivity index (χ2n) is 4.23. The molecule has 0 saturated heterocycles. The lowest BCUT2D eigenvalue weighted by Gasteiger charge is -2.21. The van der Waals surface area contributed by atoms with E-state index in [1.807, 2.05) is 25.2 Å². The van der Waals surface area contributed by atoms with E-state index in [1.54, 1.807) is 11.3 Å². The average molecular weight is 419 g/mol. The molecule has 4 nitrogen and oxygen atoms in total. The fraction of sp³-hybridized carbons (Fsp3) is 0.154. The van der Waals surface area contributed by atoms with E-state index in [0.29, 0.717) is 5.56 Å². The van der Waals surface area contributed by atoms with Gasteiger partial charge in [0.05, 0.1) is 6.54 Å². The van der Waals surface area contributed by atoms with Crippen molar-refractivity contribution in [3.8, 4) is 0 Å². The maximum atomic E-state index is 8.90. The van der Waals surface area contributed by atoms with Gasteiger partial charge in [-0.15, -0.1) is 11.3 Å². The second kappa shape index (κ2) is 6.60. The van der Waals surface area contributed by atoms with Crippen LogP contribution < -0.4 is 10.6 Å². The summed E-state index contributed by atoms with van der Waals surface area (Å²) in [6.07, 6.45) is 0. The van der Waals surface area contributed by atoms with Gasteiger partial charge in [0, 0.05) is 37.5 Å². The Hall–Kier alpha value is -1.05. The largest absolute Gasteiger partial charge is 0.409 e. The Kier molecular flexibility index (Phi) is 5.06. The monoisotopic (exact) mass is 417 g/mol. The Balaban J connectivity index is 2.31. The number of thiophene rings is 1. The van der Waals surface area contributed by atoms with E-state index in [2.05, 4.69) is 53.4 Å². The summed E-state index contributed by atoms with van der Waals surface area (Å²) in [5.41, 5.74) is 7.35. The Labute approximate surface area is 138 Å². The molecule has 2 aromatic rings. The van der Waals surface area contributed by atoms with Gasteiger partial charge in [0.2, 0.25) is 0 Å². The molecule has 20 heavy (non-hydrogen) atoms. The SMILES string of the molecule is CN(Cc1cc(Br)cs1)c1ccc(Br)cc1/C(N)=N/O. The lowest BCUT2D eigenvalue weighted by atomic mass is 10.1. The highest BCUT2D eigenvalue weighted by molar-refractivity contribution is 9.10. The van der Waals surface area contributed by atoms with Gasteiger partial charge in [0.25, 0.3) is 0 Å². The standard InChI is InChI=1S/C13H13Br2N3OS/c1-18(6-10-4-9(15)7-20-10)12-3-2-8(14)5-11(12)13(16)17-19/h2-5,7,19H,6H2,1H3,(H2,16,17). The van der Waals surface area contributed by atoms with Crippen LogP contribution in [0.2, 0.25) is 0 Å². The molecule has 0 aliphatic rings. The molecule has 0 spiro atoms. The molecule has 2 rings (SSSR count). The molecule has 0 aliphatic heterocycles. The van der Waals surface area contributed by atoms with Crippen LogP contribution in [-0.4, -0.2) is 18.1 Å². The zero-order valence-corrected chi connectivity index (χ0v) is 14.7. The molecule has 3 N–H and O–H groups in total. The zero-order chi connectivity index (χ0) is 14.7. The molecular weight excluding hydrogens is 406 g/mol. The van der Waals surface area contributed by atoms with Crippen molar-refractivity contribution < 1.29 is 5.21 Å². The first-order chi connectivity index (χ1) is 9.51. The number of amidine groups is 1. The van der Waals surface area contributed by atoms with Gasteiger partial charge in [-0.05, 0) is 40.2 Å². The van der Waals surface area contributed by atoms with Crippen molar-refractivity contribution in [2.45, 2.75) is 6.54 Å². The third-order valence-electron chi connectivity index (χ3n) is 2.77. The van der Waals surface area contributed by atoms with Gasteiger partial charge in [-0.1, -0.05) is 21.1 Å². The number of hydrogen-bond donors (Lipinski definition) is 2. The van der Waals surface area contributed by atoms with Crippen LogP contribution in [0.5, 0.6) is 0 Å². The van der Waals surface area contributed by atoms with Crippen molar-refractivity contribution in [3.63, 3.8) is 0 Å². The molecule has 0 radical (unpaired) electrons. The van der Waals surface area contributed by atoms with Crippen molar-refractivity contribution in [1.82, 2.24) is 0 Å². The van der Waals surface area contributed by atoms with E-state index in [9.17, 15) is 0 Å². The second-order valence-corrected chi connectivity index (χ2v) is 7.06. The summed E-state index contributed by atoms with van der Waals surface area (Å²) in [5.74, 6) is 0.0977. The van der Waals surface area contributed by atoms with Crippen molar-refractivity contribution in [3.05, 3.63) is 49.0 Å². The third-order valence-corrected chi connectivity index (χ3v) is 4.94. The first kappa shape index (κ1) is 15.3. The molecule has 0 fully saturated rings. The Morgan fingerprint density at radius 2 is 2.10 bits per heavy atom. The van der Waals surface area contributed by atoms with Crippen molar-refractivity contribution in [1.29, 1.82) is 0 Å². The predicted octanol–water partition coefficient (Wildman–Crippen LogP) is 4.00. The van der Waals surface area contributed by atoms with Crippen LogP contribution in [0.25, 0.3) is 0 Å². The van der Waals surface area contributed by atoms with Crippen molar-refractivity contribution >= 4 is 54.7 Å². The summed E-state index contributed by atoms with van der Waals surface area (Å²) in [6, 6.07) is 7.80. The van der Waals surface area contributed by atoms with E-state index in [-0.39, 0.29) is 5.84 Å². The van der Waals surface area contributed by atoms with E-state index in [1.165, 1.54) is 4.88 Å². The van der Waals surface area contributed by atoms with E-state index < -0.39 is 0 Å². The molecule has 1 heterocycles. The zero-order valence-electron chi connectivity index (χ0n) is 10.7. The minimum Gasteiger partial charge on any atom is -0.409 e. The van der Waals surface area contributed by atoms with Crippen LogP contribution in [-0.2, 0) is 6.54 Å². The van der Waals surface area contributed by atoms with Crippen molar-refractivity contribution in [2.24, 2.45) is 10.9 Å². The summed E-state index contributed by atoms with van der Waals surface area (Å²) >= 11 is 8.54. The van der Waals surface area contributed by atoms with Crippen LogP contribution in [0.3, 0.4) is 0 Å². The minimum atomic E-state index is 0.0977. The summed E-state index contributed by atoms with van der Waals surface area (Å²) in [6.45, 7) is 0.754. The van der Waals surface area contributed by atoms with Gasteiger partial charge in [-0.3, -0.25) is 0 Å². The first-order valence-corrected chi connectivity index (χ1v) is 8.19. The van der Waals surface area contributed by atoms with Crippen LogP contribution >= 0.6 is 43.2 Å². The van der Waals surface area contributed by atoms with Crippen molar-refractivity contribution in [2.75, 3.05) is 11.9 Å². The fourth-order valence-electron chi connectivity index (χ4n) is 1.86. The normalized spacial score (nSPS) is 11.7. The highest BCUT2D eigenvalue weighted by Gasteiger charge is 2.13. The molecule has 0 saturated carbocycles. The van der Waals surface area contributed by atoms with E-state index in [0.717, 1.165) is 21.2 Å². The Morgan fingerprint density at radius 1 is 1.35 bits per heavy atom. The molecule has 1 aromatic heterocycles. The average Bonchev–Trinajstić information content (AvgIpc) is 2.82. The number of oxime groups is 1. The highest BCUT2D eigenvalue weighted by Crippen LogP contribution is 2.27. The molecule has 1 aromatic carbocycles. The van der Waals surface area contributed by atoms with Gasteiger partial charge in [-0.2, -0.15) is 0 Å². The number of nitrogens with zero attached hydrogens (tertiary/aromatic N) is 2. The van der Waals surface area contributed by atoms with Gasteiger partial charge in [-0.25, -0.2) is 0 Å². The maximum Gasteiger partial charge on any atom is 0.172 e. The molecule has 0 atom stereocenters. The molecule has 0 aliphatic carbocycles. The quantitative estimate of drug-likeness (QED) is 0.341. The Morgan fingerprint density at radius 3 is 2.70 bits per heavy atom. The van der Waals surface area contributed by atoms with Crippen LogP contribution in [0.15, 0.2) is 43.7 Å².